The van der Waals surface area contributed by atoms with E-state index in [1.165, 1.54) is 11.6 Å². The summed E-state index contributed by atoms with van der Waals surface area (Å²) in [5, 5.41) is 3.76. The molecule has 0 spiro atoms. The van der Waals surface area contributed by atoms with Crippen LogP contribution in [0.4, 0.5) is 10.1 Å². The summed E-state index contributed by atoms with van der Waals surface area (Å²) in [7, 11) is 0. The van der Waals surface area contributed by atoms with Gasteiger partial charge in [0.15, 0.2) is 22.3 Å². The highest BCUT2D eigenvalue weighted by Crippen LogP contribution is 2.27. The molecule has 1 heterocycles. The second-order valence-electron chi connectivity index (χ2n) is 6.48. The van der Waals surface area contributed by atoms with Gasteiger partial charge < -0.3 is 9.73 Å². The Morgan fingerprint density at radius 3 is 2.44 bits per heavy atom. The summed E-state index contributed by atoms with van der Waals surface area (Å²) < 4.78 is 19.2. The second-order valence-corrected chi connectivity index (χ2v) is 6.89. The molecule has 27 heavy (non-hydrogen) atoms. The average molecular weight is 385 g/mol. The molecule has 0 aliphatic rings. The van der Waals surface area contributed by atoms with Gasteiger partial charge in [0.1, 0.15) is 0 Å². The maximum atomic E-state index is 13.8. The minimum atomic E-state index is -0.539. The van der Waals surface area contributed by atoms with E-state index in [9.17, 15) is 9.18 Å². The standard InChI is InChI=1S/C20H20FN3O2S/c1-11(2)13-7-9-14(10-8-13)22-20(27)24-23-19(25)17-12(3)15-5-4-6-16(21)18(15)26-17/h4-11H,1-3H3,(H,23,25)(H2,22,24,27). The predicted molar refractivity (Wildman–Crippen MR) is 108 cm³/mol. The van der Waals surface area contributed by atoms with Crippen LogP contribution in [0.3, 0.4) is 0 Å². The quantitative estimate of drug-likeness (QED) is 0.453. The number of benzene rings is 2. The summed E-state index contributed by atoms with van der Waals surface area (Å²) in [6.45, 7) is 5.94. The van der Waals surface area contributed by atoms with Crippen molar-refractivity contribution in [2.45, 2.75) is 26.7 Å². The maximum Gasteiger partial charge on any atom is 0.305 e. The zero-order valence-corrected chi connectivity index (χ0v) is 16.0. The highest BCUT2D eigenvalue weighted by molar-refractivity contribution is 7.80. The van der Waals surface area contributed by atoms with Crippen molar-refractivity contribution in [2.75, 3.05) is 5.32 Å². The molecule has 0 radical (unpaired) electrons. The molecule has 0 aliphatic carbocycles. The first-order valence-corrected chi connectivity index (χ1v) is 8.92. The van der Waals surface area contributed by atoms with Crippen molar-refractivity contribution in [2.24, 2.45) is 0 Å². The van der Waals surface area contributed by atoms with Crippen LogP contribution in [0.5, 0.6) is 0 Å². The van der Waals surface area contributed by atoms with Gasteiger partial charge in [-0.3, -0.25) is 15.6 Å². The van der Waals surface area contributed by atoms with Crippen LogP contribution in [0.1, 0.15) is 41.4 Å². The van der Waals surface area contributed by atoms with Crippen molar-refractivity contribution in [3.8, 4) is 0 Å². The van der Waals surface area contributed by atoms with E-state index >= 15 is 0 Å². The van der Waals surface area contributed by atoms with E-state index in [2.05, 4.69) is 30.0 Å². The summed E-state index contributed by atoms with van der Waals surface area (Å²) in [5.41, 5.74) is 7.73. The Morgan fingerprint density at radius 1 is 1.11 bits per heavy atom. The number of aryl methyl sites for hydroxylation is 1. The predicted octanol–water partition coefficient (Wildman–Crippen LogP) is 4.64. The van der Waals surface area contributed by atoms with Crippen molar-refractivity contribution in [3.63, 3.8) is 0 Å². The van der Waals surface area contributed by atoms with Crippen LogP contribution >= 0.6 is 12.2 Å². The van der Waals surface area contributed by atoms with Crippen LogP contribution in [0.2, 0.25) is 0 Å². The number of para-hydroxylation sites is 1. The summed E-state index contributed by atoms with van der Waals surface area (Å²) in [6, 6.07) is 12.4. The Bertz CT molecular complexity index is 996. The van der Waals surface area contributed by atoms with Crippen LogP contribution in [-0.2, 0) is 0 Å². The SMILES string of the molecule is Cc1c(C(=O)NNC(=S)Nc2ccc(C(C)C)cc2)oc2c(F)cccc12. The molecule has 7 heteroatoms. The molecule has 1 amide bonds. The molecular weight excluding hydrogens is 365 g/mol. The lowest BCUT2D eigenvalue weighted by Crippen LogP contribution is -2.43. The van der Waals surface area contributed by atoms with Gasteiger partial charge in [0.05, 0.1) is 0 Å². The normalized spacial score (nSPS) is 10.9. The number of hydrogen-bond acceptors (Lipinski definition) is 3. The Balaban J connectivity index is 1.63. The van der Waals surface area contributed by atoms with Gasteiger partial charge in [0.2, 0.25) is 0 Å². The number of furan rings is 1. The summed E-state index contributed by atoms with van der Waals surface area (Å²) in [4.78, 5) is 12.3. The smallest absolute Gasteiger partial charge is 0.305 e. The lowest BCUT2D eigenvalue weighted by atomic mass is 10.0. The first-order valence-electron chi connectivity index (χ1n) is 8.51. The van der Waals surface area contributed by atoms with E-state index in [1.54, 1.807) is 19.1 Å². The minimum Gasteiger partial charge on any atom is -0.447 e. The number of nitrogens with one attached hydrogen (secondary N) is 3. The summed E-state index contributed by atoms with van der Waals surface area (Å²) >= 11 is 5.18. The van der Waals surface area contributed by atoms with Crippen LogP contribution in [-0.4, -0.2) is 11.0 Å². The highest BCUT2D eigenvalue weighted by Gasteiger charge is 2.19. The van der Waals surface area contributed by atoms with Crippen molar-refractivity contribution < 1.29 is 13.6 Å². The Hall–Kier alpha value is -2.93. The number of thiocarbonyl (C=S) groups is 1. The second kappa shape index (κ2) is 7.75. The van der Waals surface area contributed by atoms with Crippen molar-refractivity contribution in [1.29, 1.82) is 0 Å². The van der Waals surface area contributed by atoms with Gasteiger partial charge in [0, 0.05) is 16.6 Å². The molecule has 1 aromatic heterocycles. The third-order valence-electron chi connectivity index (χ3n) is 4.25. The van der Waals surface area contributed by atoms with Crippen LogP contribution in [0, 0.1) is 12.7 Å². The van der Waals surface area contributed by atoms with Gasteiger partial charge in [-0.05, 0) is 48.8 Å². The number of carbonyl (C=O) groups is 1. The molecule has 0 unspecified atom stereocenters. The first kappa shape index (κ1) is 18.8. The van der Waals surface area contributed by atoms with Gasteiger partial charge in [-0.25, -0.2) is 4.39 Å². The Morgan fingerprint density at radius 2 is 1.81 bits per heavy atom. The molecule has 0 aliphatic heterocycles. The van der Waals surface area contributed by atoms with Gasteiger partial charge in [-0.15, -0.1) is 0 Å². The zero-order chi connectivity index (χ0) is 19.6. The number of amides is 1. The van der Waals surface area contributed by atoms with Crippen LogP contribution in [0.25, 0.3) is 11.0 Å². The van der Waals surface area contributed by atoms with Gasteiger partial charge in [-0.1, -0.05) is 38.1 Å². The monoisotopic (exact) mass is 385 g/mol. The van der Waals surface area contributed by atoms with Gasteiger partial charge >= 0.3 is 5.91 Å². The van der Waals surface area contributed by atoms with Gasteiger partial charge in [0.25, 0.3) is 0 Å². The largest absolute Gasteiger partial charge is 0.447 e. The molecule has 0 bridgehead atoms. The topological polar surface area (TPSA) is 66.3 Å². The van der Waals surface area contributed by atoms with Crippen molar-refractivity contribution >= 4 is 39.9 Å². The molecular formula is C20H20FN3O2S. The number of carbonyl (C=O) groups excluding carboxylic acids is 1. The zero-order valence-electron chi connectivity index (χ0n) is 15.2. The van der Waals surface area contributed by atoms with E-state index < -0.39 is 11.7 Å². The lowest BCUT2D eigenvalue weighted by Gasteiger charge is -2.12. The fourth-order valence-electron chi connectivity index (χ4n) is 2.71. The Labute approximate surface area is 161 Å². The third kappa shape index (κ3) is 4.09. The van der Waals surface area contributed by atoms with Crippen molar-refractivity contribution in [3.05, 3.63) is 65.2 Å². The Kier molecular flexibility index (Phi) is 5.41. The number of halogens is 1. The molecule has 2 aromatic carbocycles. The number of rotatable bonds is 3. The molecule has 3 N–H and O–H groups in total. The van der Waals surface area contributed by atoms with E-state index in [-0.39, 0.29) is 16.5 Å². The fourth-order valence-corrected chi connectivity index (χ4v) is 2.88. The molecule has 0 saturated heterocycles. The third-order valence-corrected chi connectivity index (χ3v) is 4.45. The minimum absolute atomic E-state index is 0.0340. The maximum absolute atomic E-state index is 13.8. The number of hydrazine groups is 1. The molecule has 140 valence electrons. The molecule has 0 atom stereocenters. The first-order chi connectivity index (χ1) is 12.9. The number of hydrogen-bond donors (Lipinski definition) is 3. The van der Waals surface area contributed by atoms with E-state index in [1.807, 2.05) is 24.3 Å². The molecule has 0 saturated carbocycles. The van der Waals surface area contributed by atoms with E-state index in [0.717, 1.165) is 5.69 Å². The summed E-state index contributed by atoms with van der Waals surface area (Å²) in [6.07, 6.45) is 0. The number of anilines is 1. The fraction of sp³-hybridized carbons (Fsp3) is 0.200. The molecule has 3 aromatic rings. The molecule has 0 fully saturated rings. The van der Waals surface area contributed by atoms with Crippen LogP contribution < -0.4 is 16.2 Å². The number of fused-ring (bicyclic) bond motifs is 1. The van der Waals surface area contributed by atoms with Gasteiger partial charge in [-0.2, -0.15) is 0 Å². The average Bonchev–Trinajstić information content (AvgIpc) is 2.98. The highest BCUT2D eigenvalue weighted by atomic mass is 32.1. The van der Waals surface area contributed by atoms with Crippen molar-refractivity contribution in [1.82, 2.24) is 10.9 Å². The van der Waals surface area contributed by atoms with E-state index in [4.69, 9.17) is 16.6 Å². The van der Waals surface area contributed by atoms with E-state index in [0.29, 0.717) is 16.9 Å². The summed E-state index contributed by atoms with van der Waals surface area (Å²) in [5.74, 6) is -0.570. The van der Waals surface area contributed by atoms with Crippen LogP contribution in [0.15, 0.2) is 46.9 Å². The molecule has 5 nitrogen and oxygen atoms in total. The lowest BCUT2D eigenvalue weighted by molar-refractivity contribution is 0.0917. The molecule has 3 rings (SSSR count).